The van der Waals surface area contributed by atoms with Gasteiger partial charge in [-0.2, -0.15) is 0 Å². The molecule has 2 heterocycles. The van der Waals surface area contributed by atoms with E-state index in [1.54, 1.807) is 17.4 Å². The number of rotatable bonds is 5. The lowest BCUT2D eigenvalue weighted by Crippen LogP contribution is -2.02. The molecule has 5 heteroatoms. The summed E-state index contributed by atoms with van der Waals surface area (Å²) in [6, 6.07) is 8.67. The predicted molar refractivity (Wildman–Crippen MR) is 101 cm³/mol. The Bertz CT molecular complexity index is 837. The van der Waals surface area contributed by atoms with Gasteiger partial charge >= 0.3 is 0 Å². The van der Waals surface area contributed by atoms with Crippen molar-refractivity contribution in [1.29, 1.82) is 0 Å². The minimum Gasteiger partial charge on any atom is -0.366 e. The van der Waals surface area contributed by atoms with Gasteiger partial charge in [-0.1, -0.05) is 44.2 Å². The predicted octanol–water partition coefficient (Wildman–Crippen LogP) is 5.73. The highest BCUT2D eigenvalue weighted by Crippen LogP contribution is 2.37. The zero-order chi connectivity index (χ0) is 16.4. The maximum atomic E-state index is 6.03. The van der Waals surface area contributed by atoms with Crippen LogP contribution in [0.2, 0.25) is 5.28 Å². The molecule has 0 spiro atoms. The fourth-order valence-corrected chi connectivity index (χ4v) is 3.64. The number of halogens is 1. The SMILES string of the molecule is C=CCNc1nc(Cl)nc2scc(-c3ccc(C(C)C)cc3)c12. The van der Waals surface area contributed by atoms with E-state index in [9.17, 15) is 0 Å². The fourth-order valence-electron chi connectivity index (χ4n) is 2.47. The first-order valence-electron chi connectivity index (χ1n) is 7.50. The van der Waals surface area contributed by atoms with Gasteiger partial charge in [-0.3, -0.25) is 0 Å². The van der Waals surface area contributed by atoms with E-state index >= 15 is 0 Å². The molecule has 0 aliphatic rings. The molecule has 0 aliphatic carbocycles. The lowest BCUT2D eigenvalue weighted by atomic mass is 9.99. The Morgan fingerprint density at radius 3 is 2.65 bits per heavy atom. The summed E-state index contributed by atoms with van der Waals surface area (Å²) in [5.41, 5.74) is 3.62. The third kappa shape index (κ3) is 3.23. The third-order valence-electron chi connectivity index (χ3n) is 3.71. The number of nitrogens with zero attached hydrogens (tertiary/aromatic N) is 2. The van der Waals surface area contributed by atoms with Crippen LogP contribution in [-0.2, 0) is 0 Å². The van der Waals surface area contributed by atoms with Crippen LogP contribution in [0.5, 0.6) is 0 Å². The molecule has 0 atom stereocenters. The number of hydrogen-bond donors (Lipinski definition) is 1. The Morgan fingerprint density at radius 1 is 1.26 bits per heavy atom. The second-order valence-corrected chi connectivity index (χ2v) is 6.81. The molecule has 1 N–H and O–H groups in total. The van der Waals surface area contributed by atoms with Crippen molar-refractivity contribution < 1.29 is 0 Å². The van der Waals surface area contributed by atoms with E-state index in [1.807, 2.05) is 0 Å². The molecule has 0 aliphatic heterocycles. The second-order valence-electron chi connectivity index (χ2n) is 5.62. The molecule has 0 saturated heterocycles. The molecule has 0 bridgehead atoms. The van der Waals surface area contributed by atoms with Crippen LogP contribution in [0.15, 0.2) is 42.3 Å². The van der Waals surface area contributed by atoms with Crippen LogP contribution in [0, 0.1) is 0 Å². The lowest BCUT2D eigenvalue weighted by molar-refractivity contribution is 0.867. The van der Waals surface area contributed by atoms with Gasteiger partial charge in [-0.15, -0.1) is 17.9 Å². The normalized spacial score (nSPS) is 11.1. The smallest absolute Gasteiger partial charge is 0.225 e. The van der Waals surface area contributed by atoms with Gasteiger partial charge in [-0.05, 0) is 28.6 Å². The second kappa shape index (κ2) is 6.69. The summed E-state index contributed by atoms with van der Waals surface area (Å²) >= 11 is 7.61. The van der Waals surface area contributed by atoms with Crippen LogP contribution in [0.4, 0.5) is 5.82 Å². The summed E-state index contributed by atoms with van der Waals surface area (Å²) < 4.78 is 0. The first kappa shape index (κ1) is 16.0. The number of aromatic nitrogens is 2. The molecule has 3 aromatic rings. The Balaban J connectivity index is 2.12. The van der Waals surface area contributed by atoms with Crippen molar-refractivity contribution in [3.05, 3.63) is 53.1 Å². The average molecular weight is 344 g/mol. The van der Waals surface area contributed by atoms with Crippen LogP contribution in [-0.4, -0.2) is 16.5 Å². The molecule has 0 amide bonds. The van der Waals surface area contributed by atoms with Crippen LogP contribution >= 0.6 is 22.9 Å². The van der Waals surface area contributed by atoms with Gasteiger partial charge in [0, 0.05) is 17.5 Å². The standard InChI is InChI=1S/C18H18ClN3S/c1-4-9-20-16-15-14(10-23-17(15)22-18(19)21-16)13-7-5-12(6-8-13)11(2)3/h4-8,10-11H,1,9H2,2-3H3,(H,20,21,22). The van der Waals surface area contributed by atoms with Gasteiger partial charge in [0.25, 0.3) is 0 Å². The quantitative estimate of drug-likeness (QED) is 0.474. The van der Waals surface area contributed by atoms with Crippen LogP contribution in [0.1, 0.15) is 25.3 Å². The highest BCUT2D eigenvalue weighted by molar-refractivity contribution is 7.17. The summed E-state index contributed by atoms with van der Waals surface area (Å²) in [6.45, 7) is 8.76. The van der Waals surface area contributed by atoms with E-state index in [1.165, 1.54) is 5.56 Å². The summed E-state index contributed by atoms with van der Waals surface area (Å²) in [6.07, 6.45) is 1.80. The summed E-state index contributed by atoms with van der Waals surface area (Å²) in [5, 5.41) is 6.64. The average Bonchev–Trinajstić information content (AvgIpc) is 2.96. The number of benzene rings is 1. The molecule has 1 aromatic carbocycles. The molecule has 0 saturated carbocycles. The van der Waals surface area contributed by atoms with Gasteiger partial charge in [-0.25, -0.2) is 9.97 Å². The van der Waals surface area contributed by atoms with Crippen molar-refractivity contribution >= 4 is 39.0 Å². The van der Waals surface area contributed by atoms with E-state index in [4.69, 9.17) is 11.6 Å². The van der Waals surface area contributed by atoms with E-state index in [2.05, 4.69) is 65.4 Å². The van der Waals surface area contributed by atoms with Crippen LogP contribution < -0.4 is 5.32 Å². The highest BCUT2D eigenvalue weighted by atomic mass is 35.5. The topological polar surface area (TPSA) is 37.8 Å². The molecule has 0 fully saturated rings. The lowest BCUT2D eigenvalue weighted by Gasteiger charge is -2.09. The molecular weight excluding hydrogens is 326 g/mol. The maximum Gasteiger partial charge on any atom is 0.225 e. The molecule has 0 radical (unpaired) electrons. The summed E-state index contributed by atoms with van der Waals surface area (Å²) in [5.74, 6) is 1.28. The summed E-state index contributed by atoms with van der Waals surface area (Å²) in [7, 11) is 0. The first-order valence-corrected chi connectivity index (χ1v) is 8.75. The van der Waals surface area contributed by atoms with Crippen molar-refractivity contribution in [1.82, 2.24) is 9.97 Å². The maximum absolute atomic E-state index is 6.03. The van der Waals surface area contributed by atoms with Crippen LogP contribution in [0.3, 0.4) is 0 Å². The van der Waals surface area contributed by atoms with Gasteiger partial charge in [0.15, 0.2) is 0 Å². The molecule has 118 valence electrons. The van der Waals surface area contributed by atoms with E-state index < -0.39 is 0 Å². The Kier molecular flexibility index (Phi) is 4.64. The molecule has 0 unspecified atom stereocenters. The van der Waals surface area contributed by atoms with Crippen molar-refractivity contribution in [2.24, 2.45) is 0 Å². The number of nitrogens with one attached hydrogen (secondary N) is 1. The van der Waals surface area contributed by atoms with Gasteiger partial charge in [0.05, 0.1) is 5.39 Å². The van der Waals surface area contributed by atoms with Gasteiger partial charge in [0.2, 0.25) is 5.28 Å². The molecule has 3 nitrogen and oxygen atoms in total. The number of anilines is 1. The van der Waals surface area contributed by atoms with Crippen molar-refractivity contribution in [2.75, 3.05) is 11.9 Å². The Morgan fingerprint density at radius 2 is 2.00 bits per heavy atom. The molecule has 2 aromatic heterocycles. The van der Waals surface area contributed by atoms with Gasteiger partial charge in [0.1, 0.15) is 10.6 Å². The zero-order valence-corrected chi connectivity index (χ0v) is 14.7. The van der Waals surface area contributed by atoms with E-state index in [-0.39, 0.29) is 5.28 Å². The van der Waals surface area contributed by atoms with E-state index in [0.29, 0.717) is 12.5 Å². The number of thiophene rings is 1. The largest absolute Gasteiger partial charge is 0.366 e. The van der Waals surface area contributed by atoms with Gasteiger partial charge < -0.3 is 5.32 Å². The molecule has 23 heavy (non-hydrogen) atoms. The number of hydrogen-bond acceptors (Lipinski definition) is 4. The fraction of sp³-hybridized carbons (Fsp3) is 0.222. The molecular formula is C18H18ClN3S. The van der Waals surface area contributed by atoms with Crippen molar-refractivity contribution in [3.63, 3.8) is 0 Å². The Hall–Kier alpha value is -1.91. The van der Waals surface area contributed by atoms with Crippen molar-refractivity contribution in [3.8, 4) is 11.1 Å². The van der Waals surface area contributed by atoms with E-state index in [0.717, 1.165) is 27.2 Å². The zero-order valence-electron chi connectivity index (χ0n) is 13.1. The minimum absolute atomic E-state index is 0.257. The van der Waals surface area contributed by atoms with Crippen molar-refractivity contribution in [2.45, 2.75) is 19.8 Å². The Labute approximate surface area is 145 Å². The molecule has 3 rings (SSSR count). The highest BCUT2D eigenvalue weighted by Gasteiger charge is 2.14. The summed E-state index contributed by atoms with van der Waals surface area (Å²) in [4.78, 5) is 9.58. The number of fused-ring (bicyclic) bond motifs is 1. The first-order chi connectivity index (χ1) is 11.1. The third-order valence-corrected chi connectivity index (χ3v) is 4.75. The minimum atomic E-state index is 0.257. The monoisotopic (exact) mass is 343 g/mol. The van der Waals surface area contributed by atoms with Crippen LogP contribution in [0.25, 0.3) is 21.3 Å².